The van der Waals surface area contributed by atoms with Crippen molar-refractivity contribution >= 4 is 22.7 Å². The molecule has 9 nitrogen and oxygen atoms in total. The first-order valence-corrected chi connectivity index (χ1v) is 8.56. The lowest BCUT2D eigenvalue weighted by Crippen LogP contribution is -2.28. The van der Waals surface area contributed by atoms with E-state index >= 15 is 0 Å². The molecule has 0 aliphatic rings. The number of rotatable bonds is 6. The van der Waals surface area contributed by atoms with Crippen LogP contribution >= 0.6 is 0 Å². The number of methoxy groups -OCH3 is 1. The molecule has 30 heavy (non-hydrogen) atoms. The van der Waals surface area contributed by atoms with Crippen molar-refractivity contribution in [3.63, 3.8) is 0 Å². The second-order valence-corrected chi connectivity index (χ2v) is 6.03. The van der Waals surface area contributed by atoms with Gasteiger partial charge in [-0.2, -0.15) is 13.8 Å². The topological polar surface area (TPSA) is 126 Å². The molecule has 0 aliphatic heterocycles. The Morgan fingerprint density at radius 3 is 2.40 bits per heavy atom. The van der Waals surface area contributed by atoms with Gasteiger partial charge in [0.05, 0.1) is 18.5 Å². The molecule has 0 bridgehead atoms. The van der Waals surface area contributed by atoms with E-state index in [0.717, 1.165) is 17.7 Å². The number of hydrogen-bond donors (Lipinski definition) is 2. The maximum atomic E-state index is 13.1. The summed E-state index contributed by atoms with van der Waals surface area (Å²) in [4.78, 5) is 29.2. The third-order valence-corrected chi connectivity index (χ3v) is 4.04. The quantitative estimate of drug-likeness (QED) is 0.458. The van der Waals surface area contributed by atoms with Crippen LogP contribution in [0.15, 0.2) is 41.2 Å². The molecule has 11 heteroatoms. The Morgan fingerprint density at radius 2 is 1.83 bits per heavy atom. The van der Waals surface area contributed by atoms with Gasteiger partial charge in [0.2, 0.25) is 5.88 Å². The average molecular weight is 421 g/mol. The number of nitrogen functional groups attached to an aromatic ring is 1. The first-order valence-electron chi connectivity index (χ1n) is 8.56. The number of benzene rings is 1. The van der Waals surface area contributed by atoms with Crippen LogP contribution in [0.3, 0.4) is 0 Å². The van der Waals surface area contributed by atoms with Gasteiger partial charge in [-0.1, -0.05) is 0 Å². The van der Waals surface area contributed by atoms with Crippen LogP contribution in [0.2, 0.25) is 0 Å². The normalized spacial score (nSPS) is 12.1. The van der Waals surface area contributed by atoms with E-state index in [1.54, 1.807) is 0 Å². The number of aromatic nitrogens is 2. The van der Waals surface area contributed by atoms with E-state index in [-0.39, 0.29) is 22.4 Å². The van der Waals surface area contributed by atoms with Gasteiger partial charge in [0, 0.05) is 11.5 Å². The second-order valence-electron chi connectivity index (χ2n) is 6.03. The van der Waals surface area contributed by atoms with Crippen molar-refractivity contribution < 1.29 is 32.9 Å². The summed E-state index contributed by atoms with van der Waals surface area (Å²) in [5.41, 5.74) is 4.61. The molecule has 158 valence electrons. The minimum absolute atomic E-state index is 0.104. The lowest BCUT2D eigenvalue weighted by molar-refractivity contribution is -0.0526. The van der Waals surface area contributed by atoms with Crippen LogP contribution < -0.4 is 20.8 Å². The highest BCUT2D eigenvalue weighted by Crippen LogP contribution is 2.27. The number of fused-ring (bicyclic) bond motifs is 1. The Morgan fingerprint density at radius 1 is 1.17 bits per heavy atom. The van der Waals surface area contributed by atoms with E-state index in [2.05, 4.69) is 14.5 Å². The summed E-state index contributed by atoms with van der Waals surface area (Å²) in [6.45, 7) is -1.71. The van der Waals surface area contributed by atoms with Crippen molar-refractivity contribution in [1.82, 2.24) is 9.55 Å². The molecule has 3 aromatic rings. The molecule has 2 heterocycles. The number of pyridine rings is 2. The SMILES string of the molecule is COC(=O)c1c(N)c2ccc(OC(F)F)nc2n(-c2ccc(OC(C)O)cc2)c1=O. The molecule has 0 saturated carbocycles. The molecule has 0 saturated heterocycles. The van der Waals surface area contributed by atoms with Crippen molar-refractivity contribution in [2.45, 2.75) is 19.8 Å². The van der Waals surface area contributed by atoms with Gasteiger partial charge in [-0.25, -0.2) is 4.79 Å². The summed E-state index contributed by atoms with van der Waals surface area (Å²) in [5, 5.41) is 9.46. The summed E-state index contributed by atoms with van der Waals surface area (Å²) in [5.74, 6) is -1.09. The van der Waals surface area contributed by atoms with Crippen molar-refractivity contribution in [1.29, 1.82) is 0 Å². The van der Waals surface area contributed by atoms with Gasteiger partial charge in [-0.05, 0) is 37.3 Å². The smallest absolute Gasteiger partial charge is 0.388 e. The minimum Gasteiger partial charge on any atom is -0.465 e. The number of carbonyl (C=O) groups excluding carboxylic acids is 1. The first kappa shape index (κ1) is 21.0. The predicted octanol–water partition coefficient (Wildman–Crippen LogP) is 2.07. The molecule has 0 spiro atoms. The average Bonchev–Trinajstić information content (AvgIpc) is 2.68. The number of aliphatic hydroxyl groups excluding tert-OH is 1. The highest BCUT2D eigenvalue weighted by atomic mass is 19.3. The number of nitrogens with zero attached hydrogens (tertiary/aromatic N) is 2. The van der Waals surface area contributed by atoms with Crippen molar-refractivity contribution in [3.05, 3.63) is 52.3 Å². The standard InChI is InChI=1S/C19H17F2N3O6/c1-9(25)29-11-5-3-10(4-6-11)24-16-12(7-8-13(23-16)30-19(20)21)15(22)14(17(24)26)18(27)28-2/h3-9,19,25H,22H2,1-2H3. The largest absolute Gasteiger partial charge is 0.465 e. The van der Waals surface area contributed by atoms with Crippen LogP contribution in [0.4, 0.5) is 14.5 Å². The molecule has 0 amide bonds. The first-order chi connectivity index (χ1) is 14.2. The summed E-state index contributed by atoms with van der Waals surface area (Å²) in [6, 6.07) is 8.29. The van der Waals surface area contributed by atoms with Gasteiger partial charge in [0.1, 0.15) is 11.3 Å². The molecule has 0 aliphatic carbocycles. The lowest BCUT2D eigenvalue weighted by Gasteiger charge is -2.16. The Labute approximate surface area is 168 Å². The van der Waals surface area contributed by atoms with Crippen LogP contribution in [-0.2, 0) is 4.74 Å². The van der Waals surface area contributed by atoms with E-state index < -0.39 is 35.9 Å². The summed E-state index contributed by atoms with van der Waals surface area (Å²) >= 11 is 0. The van der Waals surface area contributed by atoms with Crippen LogP contribution in [0.1, 0.15) is 17.3 Å². The van der Waals surface area contributed by atoms with Gasteiger partial charge in [-0.15, -0.1) is 0 Å². The van der Waals surface area contributed by atoms with E-state index in [1.807, 2.05) is 0 Å². The van der Waals surface area contributed by atoms with Crippen molar-refractivity contribution in [2.24, 2.45) is 0 Å². The molecule has 1 atom stereocenters. The van der Waals surface area contributed by atoms with E-state index in [9.17, 15) is 23.5 Å². The number of aliphatic hydroxyl groups is 1. The molecule has 1 aromatic carbocycles. The molecule has 1 unspecified atom stereocenters. The fraction of sp³-hybridized carbons (Fsp3) is 0.211. The van der Waals surface area contributed by atoms with Gasteiger partial charge in [0.25, 0.3) is 5.56 Å². The Balaban J connectivity index is 2.30. The highest BCUT2D eigenvalue weighted by Gasteiger charge is 2.23. The number of ether oxygens (including phenoxy) is 3. The van der Waals surface area contributed by atoms with E-state index in [1.165, 1.54) is 37.3 Å². The fourth-order valence-electron chi connectivity index (χ4n) is 2.84. The number of anilines is 1. The zero-order valence-corrected chi connectivity index (χ0v) is 15.8. The van der Waals surface area contributed by atoms with Gasteiger partial charge < -0.3 is 25.1 Å². The minimum atomic E-state index is -3.13. The number of alkyl halides is 2. The number of esters is 1. The van der Waals surface area contributed by atoms with E-state index in [4.69, 9.17) is 10.5 Å². The Kier molecular flexibility index (Phi) is 5.83. The van der Waals surface area contributed by atoms with Gasteiger partial charge in [-0.3, -0.25) is 9.36 Å². The Bertz CT molecular complexity index is 1150. The number of hydrogen-bond acceptors (Lipinski definition) is 8. The molecular formula is C19H17F2N3O6. The van der Waals surface area contributed by atoms with Crippen LogP contribution in [0.25, 0.3) is 16.7 Å². The molecule has 2 aromatic heterocycles. The van der Waals surface area contributed by atoms with Gasteiger partial charge >= 0.3 is 12.6 Å². The van der Waals surface area contributed by atoms with Crippen molar-refractivity contribution in [2.75, 3.05) is 12.8 Å². The monoisotopic (exact) mass is 421 g/mol. The van der Waals surface area contributed by atoms with Crippen molar-refractivity contribution in [3.8, 4) is 17.3 Å². The highest BCUT2D eigenvalue weighted by molar-refractivity contribution is 6.03. The third-order valence-electron chi connectivity index (χ3n) is 4.04. The summed E-state index contributed by atoms with van der Waals surface area (Å²) < 4.78 is 40.4. The second kappa shape index (κ2) is 8.33. The molecule has 0 radical (unpaired) electrons. The summed E-state index contributed by atoms with van der Waals surface area (Å²) in [6.07, 6.45) is -1.06. The molecule has 3 rings (SSSR count). The molecule has 3 N–H and O–H groups in total. The zero-order chi connectivity index (χ0) is 22.0. The predicted molar refractivity (Wildman–Crippen MR) is 102 cm³/mol. The Hall–Kier alpha value is -3.73. The fourth-order valence-corrected chi connectivity index (χ4v) is 2.84. The van der Waals surface area contributed by atoms with Crippen LogP contribution in [-0.4, -0.2) is 40.6 Å². The van der Waals surface area contributed by atoms with Gasteiger partial charge in [0.15, 0.2) is 11.9 Å². The maximum Gasteiger partial charge on any atom is 0.388 e. The summed E-state index contributed by atoms with van der Waals surface area (Å²) in [7, 11) is 1.09. The maximum absolute atomic E-state index is 13.1. The van der Waals surface area contributed by atoms with Crippen LogP contribution in [0, 0.1) is 0 Å². The number of halogens is 2. The number of nitrogens with two attached hydrogens (primary N) is 1. The third kappa shape index (κ3) is 4.01. The lowest BCUT2D eigenvalue weighted by atomic mass is 10.1. The molecular weight excluding hydrogens is 404 g/mol. The van der Waals surface area contributed by atoms with E-state index in [0.29, 0.717) is 5.75 Å². The zero-order valence-electron chi connectivity index (χ0n) is 15.8. The molecule has 0 fully saturated rings. The number of carbonyl (C=O) groups is 1. The van der Waals surface area contributed by atoms with Crippen LogP contribution in [0.5, 0.6) is 11.6 Å².